The van der Waals surface area contributed by atoms with Gasteiger partial charge < -0.3 is 5.32 Å². The van der Waals surface area contributed by atoms with Gasteiger partial charge in [-0.25, -0.2) is 4.98 Å². The first kappa shape index (κ1) is 11.9. The van der Waals surface area contributed by atoms with Crippen LogP contribution in [0.5, 0.6) is 0 Å². The number of halogens is 1. The molecule has 6 heteroatoms. The molecule has 1 N–H and O–H groups in total. The first-order valence-electron chi connectivity index (χ1n) is 5.85. The standard InChI is InChI=1S/C13H12ClN5/c1-19-13(17-8-18-19)7-16-12-4-5-15-11-3-2-9(14)6-10(11)12/h2-6,8H,7H2,1H3,(H,15,16). The lowest BCUT2D eigenvalue weighted by atomic mass is 10.2. The summed E-state index contributed by atoms with van der Waals surface area (Å²) in [5, 5.41) is 9.07. The summed E-state index contributed by atoms with van der Waals surface area (Å²) in [6.07, 6.45) is 3.31. The minimum atomic E-state index is 0.599. The van der Waals surface area contributed by atoms with Crippen molar-refractivity contribution in [2.45, 2.75) is 6.54 Å². The molecule has 0 saturated heterocycles. The van der Waals surface area contributed by atoms with Crippen LogP contribution in [0.2, 0.25) is 5.02 Å². The van der Waals surface area contributed by atoms with Gasteiger partial charge in [0.05, 0.1) is 12.1 Å². The number of aryl methyl sites for hydroxylation is 1. The molecule has 0 aliphatic heterocycles. The van der Waals surface area contributed by atoms with Crippen molar-refractivity contribution < 1.29 is 0 Å². The largest absolute Gasteiger partial charge is 0.377 e. The summed E-state index contributed by atoms with van der Waals surface area (Å²) >= 11 is 6.03. The number of nitrogens with zero attached hydrogens (tertiary/aromatic N) is 4. The fourth-order valence-electron chi connectivity index (χ4n) is 1.93. The van der Waals surface area contributed by atoms with E-state index in [1.165, 1.54) is 0 Å². The third kappa shape index (κ3) is 2.37. The van der Waals surface area contributed by atoms with Crippen LogP contribution < -0.4 is 5.32 Å². The molecule has 0 aliphatic carbocycles. The molecule has 0 fully saturated rings. The highest BCUT2D eigenvalue weighted by Crippen LogP contribution is 2.25. The molecule has 0 radical (unpaired) electrons. The highest BCUT2D eigenvalue weighted by molar-refractivity contribution is 6.31. The summed E-state index contributed by atoms with van der Waals surface area (Å²) < 4.78 is 1.74. The Morgan fingerprint density at radius 3 is 2.95 bits per heavy atom. The van der Waals surface area contributed by atoms with Gasteiger partial charge in [0.15, 0.2) is 0 Å². The van der Waals surface area contributed by atoms with Crippen LogP contribution >= 0.6 is 11.6 Å². The van der Waals surface area contributed by atoms with E-state index < -0.39 is 0 Å². The zero-order valence-electron chi connectivity index (χ0n) is 10.3. The molecular formula is C13H12ClN5. The second-order valence-electron chi connectivity index (χ2n) is 4.17. The molecule has 0 saturated carbocycles. The topological polar surface area (TPSA) is 55.6 Å². The molecule has 3 aromatic rings. The number of hydrogen-bond acceptors (Lipinski definition) is 4. The number of aromatic nitrogens is 4. The van der Waals surface area contributed by atoms with Crippen molar-refractivity contribution in [1.82, 2.24) is 19.7 Å². The molecule has 96 valence electrons. The predicted molar refractivity (Wildman–Crippen MR) is 75.1 cm³/mol. The van der Waals surface area contributed by atoms with Gasteiger partial charge in [-0.15, -0.1) is 0 Å². The molecule has 1 aromatic carbocycles. The maximum atomic E-state index is 6.03. The van der Waals surface area contributed by atoms with Crippen LogP contribution in [0.4, 0.5) is 5.69 Å². The Hall–Kier alpha value is -2.14. The van der Waals surface area contributed by atoms with Crippen molar-refractivity contribution in [2.75, 3.05) is 5.32 Å². The molecular weight excluding hydrogens is 262 g/mol. The summed E-state index contributed by atoms with van der Waals surface area (Å²) in [5.74, 6) is 0.868. The molecule has 3 rings (SSSR count). The monoisotopic (exact) mass is 273 g/mol. The molecule has 2 aromatic heterocycles. The van der Waals surface area contributed by atoms with E-state index in [0.29, 0.717) is 11.6 Å². The SMILES string of the molecule is Cn1ncnc1CNc1ccnc2ccc(Cl)cc12. The Bertz CT molecular complexity index is 722. The third-order valence-corrected chi connectivity index (χ3v) is 3.18. The third-order valence-electron chi connectivity index (χ3n) is 2.95. The zero-order chi connectivity index (χ0) is 13.2. The Kier molecular flexibility index (Phi) is 3.05. The molecule has 2 heterocycles. The quantitative estimate of drug-likeness (QED) is 0.797. The summed E-state index contributed by atoms with van der Waals surface area (Å²) in [6, 6.07) is 7.58. The van der Waals surface area contributed by atoms with Gasteiger partial charge in [-0.05, 0) is 24.3 Å². The molecule has 0 atom stereocenters. The lowest BCUT2D eigenvalue weighted by Crippen LogP contribution is -2.07. The van der Waals surface area contributed by atoms with Crippen LogP contribution in [0.25, 0.3) is 10.9 Å². The summed E-state index contributed by atoms with van der Waals surface area (Å²) in [5.41, 5.74) is 1.89. The number of hydrogen-bond donors (Lipinski definition) is 1. The van der Waals surface area contributed by atoms with Crippen molar-refractivity contribution >= 4 is 28.2 Å². The zero-order valence-corrected chi connectivity index (χ0v) is 11.1. The Balaban J connectivity index is 1.92. The fourth-order valence-corrected chi connectivity index (χ4v) is 2.10. The maximum absolute atomic E-state index is 6.03. The van der Waals surface area contributed by atoms with Crippen molar-refractivity contribution in [2.24, 2.45) is 7.05 Å². The Morgan fingerprint density at radius 1 is 1.26 bits per heavy atom. The van der Waals surface area contributed by atoms with Gasteiger partial charge in [-0.1, -0.05) is 11.6 Å². The maximum Gasteiger partial charge on any atom is 0.145 e. The molecule has 0 unspecified atom stereocenters. The smallest absolute Gasteiger partial charge is 0.145 e. The van der Waals surface area contributed by atoms with Crippen LogP contribution in [0.1, 0.15) is 5.82 Å². The first-order chi connectivity index (χ1) is 9.24. The molecule has 0 amide bonds. The summed E-state index contributed by atoms with van der Waals surface area (Å²) in [6.45, 7) is 0.599. The van der Waals surface area contributed by atoms with E-state index in [-0.39, 0.29) is 0 Å². The Labute approximate surface area is 115 Å². The van der Waals surface area contributed by atoms with Gasteiger partial charge in [0.25, 0.3) is 0 Å². The van der Waals surface area contributed by atoms with Gasteiger partial charge in [0.2, 0.25) is 0 Å². The summed E-state index contributed by atoms with van der Waals surface area (Å²) in [7, 11) is 1.87. The van der Waals surface area contributed by atoms with Gasteiger partial charge in [-0.3, -0.25) is 9.67 Å². The average Bonchev–Trinajstić information content (AvgIpc) is 2.82. The van der Waals surface area contributed by atoms with Crippen LogP contribution in [0, 0.1) is 0 Å². The van der Waals surface area contributed by atoms with Crippen LogP contribution in [-0.4, -0.2) is 19.7 Å². The summed E-state index contributed by atoms with van der Waals surface area (Å²) in [4.78, 5) is 8.49. The number of fused-ring (bicyclic) bond motifs is 1. The molecule has 0 bridgehead atoms. The van der Waals surface area contributed by atoms with Crippen LogP contribution in [-0.2, 0) is 13.6 Å². The Morgan fingerprint density at radius 2 is 2.16 bits per heavy atom. The average molecular weight is 274 g/mol. The minimum Gasteiger partial charge on any atom is -0.377 e. The number of anilines is 1. The first-order valence-corrected chi connectivity index (χ1v) is 6.23. The lowest BCUT2D eigenvalue weighted by Gasteiger charge is -2.09. The molecule has 0 spiro atoms. The van der Waals surface area contributed by atoms with E-state index in [1.807, 2.05) is 31.3 Å². The fraction of sp³-hybridized carbons (Fsp3) is 0.154. The number of benzene rings is 1. The second kappa shape index (κ2) is 4.85. The molecule has 5 nitrogen and oxygen atoms in total. The number of rotatable bonds is 3. The van der Waals surface area contributed by atoms with E-state index in [9.17, 15) is 0 Å². The van der Waals surface area contributed by atoms with E-state index in [1.54, 1.807) is 17.2 Å². The normalized spacial score (nSPS) is 10.8. The van der Waals surface area contributed by atoms with Crippen LogP contribution in [0.15, 0.2) is 36.8 Å². The number of nitrogens with one attached hydrogen (secondary N) is 1. The van der Waals surface area contributed by atoms with E-state index in [0.717, 1.165) is 22.4 Å². The van der Waals surface area contributed by atoms with Crippen LogP contribution in [0.3, 0.4) is 0 Å². The molecule has 19 heavy (non-hydrogen) atoms. The van der Waals surface area contributed by atoms with Gasteiger partial charge >= 0.3 is 0 Å². The van der Waals surface area contributed by atoms with Gasteiger partial charge in [-0.2, -0.15) is 5.10 Å². The van der Waals surface area contributed by atoms with E-state index in [4.69, 9.17) is 11.6 Å². The minimum absolute atomic E-state index is 0.599. The van der Waals surface area contributed by atoms with Gasteiger partial charge in [0, 0.05) is 29.3 Å². The van der Waals surface area contributed by atoms with Crippen molar-refractivity contribution in [3.05, 3.63) is 47.6 Å². The van der Waals surface area contributed by atoms with Crippen molar-refractivity contribution in [1.29, 1.82) is 0 Å². The van der Waals surface area contributed by atoms with Gasteiger partial charge in [0.1, 0.15) is 12.2 Å². The van der Waals surface area contributed by atoms with Crippen molar-refractivity contribution in [3.8, 4) is 0 Å². The second-order valence-corrected chi connectivity index (χ2v) is 4.61. The molecule has 0 aliphatic rings. The van der Waals surface area contributed by atoms with E-state index >= 15 is 0 Å². The van der Waals surface area contributed by atoms with Crippen molar-refractivity contribution in [3.63, 3.8) is 0 Å². The lowest BCUT2D eigenvalue weighted by molar-refractivity contribution is 0.712. The predicted octanol–water partition coefficient (Wildman–Crippen LogP) is 2.63. The van der Waals surface area contributed by atoms with E-state index in [2.05, 4.69) is 20.4 Å². The number of pyridine rings is 1. The highest BCUT2D eigenvalue weighted by atomic mass is 35.5. The highest BCUT2D eigenvalue weighted by Gasteiger charge is 2.04.